The van der Waals surface area contributed by atoms with Crippen molar-refractivity contribution in [2.24, 2.45) is 0 Å². The molecular weight excluding hydrogens is 358 g/mol. The van der Waals surface area contributed by atoms with Crippen molar-refractivity contribution in [3.63, 3.8) is 0 Å². The molecule has 0 aliphatic rings. The summed E-state index contributed by atoms with van der Waals surface area (Å²) in [6.07, 6.45) is 2.08. The molecule has 0 aliphatic heterocycles. The highest BCUT2D eigenvalue weighted by Crippen LogP contribution is 2.27. The van der Waals surface area contributed by atoms with Crippen molar-refractivity contribution in [1.82, 2.24) is 15.6 Å². The van der Waals surface area contributed by atoms with Crippen LogP contribution < -0.4 is 20.1 Å². The zero-order valence-corrected chi connectivity index (χ0v) is 17.0. The van der Waals surface area contributed by atoms with Crippen LogP contribution in [0.2, 0.25) is 0 Å². The van der Waals surface area contributed by atoms with E-state index in [1.165, 1.54) is 12.3 Å². The number of rotatable bonds is 7. The average molecular weight is 385 g/mol. The van der Waals surface area contributed by atoms with Crippen LogP contribution in [-0.4, -0.2) is 43.1 Å². The van der Waals surface area contributed by atoms with E-state index in [1.807, 2.05) is 39.0 Å². The summed E-state index contributed by atoms with van der Waals surface area (Å²) in [5.74, 6) is 0.732. The van der Waals surface area contributed by atoms with Crippen molar-refractivity contribution in [2.45, 2.75) is 32.7 Å². The maximum Gasteiger partial charge on any atom is 0.269 e. The first kappa shape index (κ1) is 21.2. The molecule has 2 amide bonds. The van der Waals surface area contributed by atoms with Gasteiger partial charge in [0.15, 0.2) is 11.5 Å². The molecule has 0 saturated heterocycles. The van der Waals surface area contributed by atoms with Crippen LogP contribution in [0.25, 0.3) is 0 Å². The summed E-state index contributed by atoms with van der Waals surface area (Å²) in [7, 11) is 3.17. The third-order valence-electron chi connectivity index (χ3n) is 3.89. The Morgan fingerprint density at radius 1 is 1.00 bits per heavy atom. The Labute approximate surface area is 165 Å². The number of carbonyl (C=O) groups excluding carboxylic acids is 2. The van der Waals surface area contributed by atoms with Crippen LogP contribution in [0.4, 0.5) is 0 Å². The number of benzene rings is 1. The van der Waals surface area contributed by atoms with Crippen LogP contribution in [0, 0.1) is 0 Å². The van der Waals surface area contributed by atoms with E-state index in [2.05, 4.69) is 15.6 Å². The van der Waals surface area contributed by atoms with Gasteiger partial charge in [0.1, 0.15) is 5.69 Å². The summed E-state index contributed by atoms with van der Waals surface area (Å²) < 4.78 is 10.5. The van der Waals surface area contributed by atoms with Crippen molar-refractivity contribution >= 4 is 11.8 Å². The molecule has 1 heterocycles. The van der Waals surface area contributed by atoms with Gasteiger partial charge in [0.25, 0.3) is 11.8 Å². The topological polar surface area (TPSA) is 89.5 Å². The minimum atomic E-state index is -0.359. The Hall–Kier alpha value is -3.09. The minimum absolute atomic E-state index is 0.203. The van der Waals surface area contributed by atoms with E-state index in [9.17, 15) is 9.59 Å². The first-order valence-corrected chi connectivity index (χ1v) is 9.01. The molecule has 2 rings (SSSR count). The lowest BCUT2D eigenvalue weighted by Crippen LogP contribution is -2.40. The molecule has 0 bridgehead atoms. The number of carbonyl (C=O) groups is 2. The summed E-state index contributed by atoms with van der Waals surface area (Å²) in [6, 6.07) is 8.70. The molecule has 7 nitrogen and oxygen atoms in total. The summed E-state index contributed by atoms with van der Waals surface area (Å²) in [6.45, 7) is 6.12. The van der Waals surface area contributed by atoms with Gasteiger partial charge in [-0.1, -0.05) is 6.07 Å². The number of pyridine rings is 1. The molecule has 7 heteroatoms. The summed E-state index contributed by atoms with van der Waals surface area (Å²) in [4.78, 5) is 28.7. The molecule has 0 aliphatic carbocycles. The van der Waals surface area contributed by atoms with Crippen LogP contribution >= 0.6 is 0 Å². The molecule has 28 heavy (non-hydrogen) atoms. The second-order valence-corrected chi connectivity index (χ2v) is 7.33. The fraction of sp³-hybridized carbons (Fsp3) is 0.381. The number of ether oxygens (including phenoxy) is 2. The second-order valence-electron chi connectivity index (χ2n) is 7.33. The first-order chi connectivity index (χ1) is 13.2. The third kappa shape index (κ3) is 5.97. The van der Waals surface area contributed by atoms with Crippen LogP contribution in [0.15, 0.2) is 36.5 Å². The Kier molecular flexibility index (Phi) is 6.98. The molecule has 150 valence electrons. The number of methoxy groups -OCH3 is 2. The van der Waals surface area contributed by atoms with Gasteiger partial charge in [-0.2, -0.15) is 0 Å². The third-order valence-corrected chi connectivity index (χ3v) is 3.89. The fourth-order valence-electron chi connectivity index (χ4n) is 2.56. The van der Waals surface area contributed by atoms with E-state index < -0.39 is 0 Å². The normalized spacial score (nSPS) is 10.9. The number of hydrogen-bond donors (Lipinski definition) is 2. The van der Waals surface area contributed by atoms with Gasteiger partial charge in [-0.3, -0.25) is 14.6 Å². The molecule has 1 aromatic carbocycles. The van der Waals surface area contributed by atoms with E-state index >= 15 is 0 Å². The van der Waals surface area contributed by atoms with Crippen LogP contribution in [-0.2, 0) is 6.42 Å². The summed E-state index contributed by atoms with van der Waals surface area (Å²) >= 11 is 0. The molecule has 2 aromatic rings. The SMILES string of the molecule is COc1ccc(CCNC(=O)c2cc(C(=O)NC(C)(C)C)ccn2)cc1OC. The van der Waals surface area contributed by atoms with E-state index in [4.69, 9.17) is 9.47 Å². The number of amides is 2. The van der Waals surface area contributed by atoms with E-state index in [-0.39, 0.29) is 23.0 Å². The molecule has 2 N–H and O–H groups in total. The fourth-order valence-corrected chi connectivity index (χ4v) is 2.56. The number of hydrogen-bond acceptors (Lipinski definition) is 5. The maximum absolute atomic E-state index is 12.4. The van der Waals surface area contributed by atoms with Crippen LogP contribution in [0.1, 0.15) is 47.2 Å². The predicted molar refractivity (Wildman–Crippen MR) is 107 cm³/mol. The highest BCUT2D eigenvalue weighted by Gasteiger charge is 2.17. The van der Waals surface area contributed by atoms with Gasteiger partial charge in [-0.05, 0) is 57.0 Å². The monoisotopic (exact) mass is 385 g/mol. The molecule has 0 unspecified atom stereocenters. The molecular formula is C21H27N3O4. The van der Waals surface area contributed by atoms with Gasteiger partial charge in [0, 0.05) is 23.8 Å². The zero-order chi connectivity index (χ0) is 20.7. The number of nitrogens with one attached hydrogen (secondary N) is 2. The Morgan fingerprint density at radius 3 is 2.36 bits per heavy atom. The molecule has 0 spiro atoms. The van der Waals surface area contributed by atoms with Crippen molar-refractivity contribution in [1.29, 1.82) is 0 Å². The Balaban J connectivity index is 1.96. The summed E-state index contributed by atoms with van der Waals surface area (Å²) in [5.41, 5.74) is 1.25. The van der Waals surface area contributed by atoms with Crippen molar-refractivity contribution in [3.8, 4) is 11.5 Å². The van der Waals surface area contributed by atoms with E-state index in [0.717, 1.165) is 5.56 Å². The van der Waals surface area contributed by atoms with Gasteiger partial charge in [-0.25, -0.2) is 0 Å². The number of nitrogens with zero attached hydrogens (tertiary/aromatic N) is 1. The van der Waals surface area contributed by atoms with Gasteiger partial charge in [0.05, 0.1) is 14.2 Å². The second kappa shape index (κ2) is 9.21. The largest absolute Gasteiger partial charge is 0.493 e. The zero-order valence-electron chi connectivity index (χ0n) is 17.0. The van der Waals surface area contributed by atoms with Gasteiger partial charge >= 0.3 is 0 Å². The van der Waals surface area contributed by atoms with Crippen molar-refractivity contribution in [3.05, 3.63) is 53.3 Å². The lowest BCUT2D eigenvalue weighted by atomic mass is 10.1. The van der Waals surface area contributed by atoms with E-state index in [1.54, 1.807) is 20.3 Å². The molecule has 0 fully saturated rings. The van der Waals surface area contributed by atoms with Crippen LogP contribution in [0.3, 0.4) is 0 Å². The Bertz CT molecular complexity index is 844. The lowest BCUT2D eigenvalue weighted by molar-refractivity contribution is 0.0919. The highest BCUT2D eigenvalue weighted by molar-refractivity contribution is 5.98. The standard InChI is InChI=1S/C21H27N3O4/c1-21(2,3)24-19(25)15-9-11-22-16(13-15)20(26)23-10-8-14-6-7-17(27-4)18(12-14)28-5/h6-7,9,11-13H,8,10H2,1-5H3,(H,23,26)(H,24,25). The molecule has 0 atom stereocenters. The van der Waals surface area contributed by atoms with Crippen LogP contribution in [0.5, 0.6) is 11.5 Å². The van der Waals surface area contributed by atoms with Gasteiger partial charge in [0.2, 0.25) is 0 Å². The molecule has 0 saturated carbocycles. The van der Waals surface area contributed by atoms with Gasteiger partial charge < -0.3 is 20.1 Å². The predicted octanol–water partition coefficient (Wildman–Crippen LogP) is 2.60. The number of aromatic nitrogens is 1. The highest BCUT2D eigenvalue weighted by atomic mass is 16.5. The lowest BCUT2D eigenvalue weighted by Gasteiger charge is -2.20. The molecule has 1 aromatic heterocycles. The first-order valence-electron chi connectivity index (χ1n) is 9.01. The average Bonchev–Trinajstić information content (AvgIpc) is 2.66. The Morgan fingerprint density at radius 2 is 1.71 bits per heavy atom. The quantitative estimate of drug-likeness (QED) is 0.765. The smallest absolute Gasteiger partial charge is 0.269 e. The molecule has 0 radical (unpaired) electrons. The van der Waals surface area contributed by atoms with Crippen molar-refractivity contribution in [2.75, 3.05) is 20.8 Å². The van der Waals surface area contributed by atoms with E-state index in [0.29, 0.717) is 30.0 Å². The minimum Gasteiger partial charge on any atom is -0.493 e. The van der Waals surface area contributed by atoms with Crippen molar-refractivity contribution < 1.29 is 19.1 Å². The maximum atomic E-state index is 12.4. The summed E-state index contributed by atoms with van der Waals surface area (Å²) in [5, 5.41) is 5.69. The van der Waals surface area contributed by atoms with Gasteiger partial charge in [-0.15, -0.1) is 0 Å².